The van der Waals surface area contributed by atoms with Crippen molar-refractivity contribution in [2.75, 3.05) is 12.4 Å². The van der Waals surface area contributed by atoms with E-state index in [9.17, 15) is 0 Å². The van der Waals surface area contributed by atoms with Crippen LogP contribution in [0.5, 0.6) is 0 Å². The maximum absolute atomic E-state index is 4.06. The summed E-state index contributed by atoms with van der Waals surface area (Å²) in [7, 11) is 1.96. The van der Waals surface area contributed by atoms with Gasteiger partial charge in [-0.15, -0.1) is 0 Å². The average Bonchev–Trinajstić information content (AvgIpc) is 2.36. The summed E-state index contributed by atoms with van der Waals surface area (Å²) in [6.07, 6.45) is 7.19. The number of hydrogen-bond acceptors (Lipinski definition) is 1. The molecule has 0 fully saturated rings. The molecule has 0 aromatic heterocycles. The molecule has 0 heterocycles. The fraction of sp³-hybridized carbons (Fsp3) is 0.294. The Balaban J connectivity index is 3.05. The molecule has 1 aromatic carbocycles. The minimum absolute atomic E-state index is 0.932. The molecular formula is C17H23N. The van der Waals surface area contributed by atoms with Gasteiger partial charge >= 0.3 is 0 Å². The molecule has 1 heteroatoms. The summed E-state index contributed by atoms with van der Waals surface area (Å²) in [4.78, 5) is 0. The van der Waals surface area contributed by atoms with Crippen LogP contribution in [0.1, 0.15) is 25.0 Å². The number of benzene rings is 1. The third kappa shape index (κ3) is 3.63. The lowest BCUT2D eigenvalue weighted by atomic mass is 9.95. The van der Waals surface area contributed by atoms with Crippen molar-refractivity contribution in [1.29, 1.82) is 0 Å². The van der Waals surface area contributed by atoms with Crippen molar-refractivity contribution in [1.82, 2.24) is 0 Å². The predicted molar refractivity (Wildman–Crippen MR) is 82.1 cm³/mol. The molecule has 0 atom stereocenters. The predicted octanol–water partition coefficient (Wildman–Crippen LogP) is 4.66. The molecule has 0 bridgehead atoms. The van der Waals surface area contributed by atoms with Crippen molar-refractivity contribution < 1.29 is 0 Å². The van der Waals surface area contributed by atoms with E-state index in [1.165, 1.54) is 22.4 Å². The first-order valence-corrected chi connectivity index (χ1v) is 6.34. The maximum atomic E-state index is 4.06. The SMILES string of the molecule is C=C(C)/C(=C\C=C/C)Cc1cccc(NC)c1C. The summed E-state index contributed by atoms with van der Waals surface area (Å²) in [5.74, 6) is 0. The molecule has 0 amide bonds. The lowest BCUT2D eigenvalue weighted by Crippen LogP contribution is -1.99. The molecule has 0 spiro atoms. The molecule has 0 unspecified atom stereocenters. The zero-order valence-electron chi connectivity index (χ0n) is 11.9. The van der Waals surface area contributed by atoms with E-state index in [-0.39, 0.29) is 0 Å². The Kier molecular flexibility index (Phi) is 5.44. The number of hydrogen-bond donors (Lipinski definition) is 1. The van der Waals surface area contributed by atoms with Gasteiger partial charge < -0.3 is 5.32 Å². The van der Waals surface area contributed by atoms with Gasteiger partial charge in [-0.05, 0) is 50.0 Å². The van der Waals surface area contributed by atoms with Crippen LogP contribution in [0.15, 0.2) is 54.2 Å². The van der Waals surface area contributed by atoms with Crippen LogP contribution in [0.3, 0.4) is 0 Å². The summed E-state index contributed by atoms with van der Waals surface area (Å²) >= 11 is 0. The highest BCUT2D eigenvalue weighted by Gasteiger charge is 2.05. The van der Waals surface area contributed by atoms with Gasteiger partial charge in [0.2, 0.25) is 0 Å². The molecule has 0 aliphatic rings. The number of anilines is 1. The molecule has 1 rings (SSSR count). The van der Waals surface area contributed by atoms with Crippen molar-refractivity contribution >= 4 is 5.69 Å². The van der Waals surface area contributed by atoms with Crippen LogP contribution in [0.4, 0.5) is 5.69 Å². The molecule has 1 nitrogen and oxygen atoms in total. The molecule has 0 aliphatic heterocycles. The Bertz CT molecular complexity index is 478. The first-order valence-electron chi connectivity index (χ1n) is 6.34. The van der Waals surface area contributed by atoms with Crippen LogP contribution in [-0.2, 0) is 6.42 Å². The molecule has 1 aromatic rings. The smallest absolute Gasteiger partial charge is 0.0370 e. The van der Waals surface area contributed by atoms with E-state index in [4.69, 9.17) is 0 Å². The van der Waals surface area contributed by atoms with E-state index in [0.717, 1.165) is 12.0 Å². The van der Waals surface area contributed by atoms with E-state index < -0.39 is 0 Å². The summed E-state index contributed by atoms with van der Waals surface area (Å²) in [6.45, 7) is 10.3. The van der Waals surface area contributed by atoms with Crippen molar-refractivity contribution in [3.05, 3.63) is 65.3 Å². The Morgan fingerprint density at radius 2 is 2.11 bits per heavy atom. The number of rotatable bonds is 5. The van der Waals surface area contributed by atoms with Gasteiger partial charge in [-0.2, -0.15) is 0 Å². The highest BCUT2D eigenvalue weighted by Crippen LogP contribution is 2.23. The minimum atomic E-state index is 0.932. The third-order valence-electron chi connectivity index (χ3n) is 3.13. The molecule has 0 saturated heterocycles. The Hall–Kier alpha value is -1.76. The van der Waals surface area contributed by atoms with Crippen molar-refractivity contribution in [2.24, 2.45) is 0 Å². The van der Waals surface area contributed by atoms with E-state index in [0.29, 0.717) is 0 Å². The van der Waals surface area contributed by atoms with Crippen molar-refractivity contribution in [2.45, 2.75) is 27.2 Å². The Morgan fingerprint density at radius 3 is 2.67 bits per heavy atom. The van der Waals surface area contributed by atoms with Crippen LogP contribution >= 0.6 is 0 Å². The fourth-order valence-corrected chi connectivity index (χ4v) is 1.92. The average molecular weight is 241 g/mol. The summed E-state index contributed by atoms with van der Waals surface area (Å²) in [6, 6.07) is 6.39. The summed E-state index contributed by atoms with van der Waals surface area (Å²) in [5, 5.41) is 3.23. The van der Waals surface area contributed by atoms with Crippen LogP contribution in [-0.4, -0.2) is 7.05 Å². The minimum Gasteiger partial charge on any atom is -0.388 e. The Morgan fingerprint density at radius 1 is 1.39 bits per heavy atom. The number of nitrogens with one attached hydrogen (secondary N) is 1. The lowest BCUT2D eigenvalue weighted by Gasteiger charge is -2.13. The topological polar surface area (TPSA) is 12.0 Å². The molecule has 96 valence electrons. The largest absolute Gasteiger partial charge is 0.388 e. The molecular weight excluding hydrogens is 218 g/mol. The highest BCUT2D eigenvalue weighted by molar-refractivity contribution is 5.55. The van der Waals surface area contributed by atoms with Gasteiger partial charge in [0.25, 0.3) is 0 Å². The third-order valence-corrected chi connectivity index (χ3v) is 3.13. The summed E-state index contributed by atoms with van der Waals surface area (Å²) < 4.78 is 0. The molecule has 0 aliphatic carbocycles. The molecule has 1 N–H and O–H groups in total. The second-order valence-electron chi connectivity index (χ2n) is 4.51. The van der Waals surface area contributed by atoms with E-state index in [2.05, 4.69) is 56.1 Å². The van der Waals surface area contributed by atoms with E-state index in [1.54, 1.807) is 0 Å². The van der Waals surface area contributed by atoms with Gasteiger partial charge in [-0.3, -0.25) is 0 Å². The van der Waals surface area contributed by atoms with Crippen LogP contribution in [0, 0.1) is 6.92 Å². The Labute approximate surface area is 111 Å². The van der Waals surface area contributed by atoms with Gasteiger partial charge in [-0.1, -0.05) is 42.5 Å². The molecule has 0 radical (unpaired) electrons. The van der Waals surface area contributed by atoms with Crippen molar-refractivity contribution in [3.63, 3.8) is 0 Å². The normalized spacial score (nSPS) is 11.9. The maximum Gasteiger partial charge on any atom is 0.0370 e. The first kappa shape index (κ1) is 14.3. The van der Waals surface area contributed by atoms with Crippen LogP contribution < -0.4 is 5.32 Å². The molecule has 18 heavy (non-hydrogen) atoms. The zero-order chi connectivity index (χ0) is 13.5. The van der Waals surface area contributed by atoms with E-state index in [1.807, 2.05) is 20.0 Å². The monoisotopic (exact) mass is 241 g/mol. The summed E-state index contributed by atoms with van der Waals surface area (Å²) in [5.41, 5.74) is 6.26. The van der Waals surface area contributed by atoms with Gasteiger partial charge in [0.05, 0.1) is 0 Å². The van der Waals surface area contributed by atoms with Gasteiger partial charge in [0, 0.05) is 12.7 Å². The van der Waals surface area contributed by atoms with Gasteiger partial charge in [-0.25, -0.2) is 0 Å². The fourth-order valence-electron chi connectivity index (χ4n) is 1.92. The van der Waals surface area contributed by atoms with Crippen LogP contribution in [0.2, 0.25) is 0 Å². The first-order chi connectivity index (χ1) is 8.60. The zero-order valence-corrected chi connectivity index (χ0v) is 11.9. The van der Waals surface area contributed by atoms with Gasteiger partial charge in [0.15, 0.2) is 0 Å². The standard InChI is InChI=1S/C17H23N/c1-6-7-9-15(13(2)3)12-16-10-8-11-17(18-5)14(16)4/h6-11,18H,2,12H2,1,3-5H3/b7-6-,15-9-. The molecule has 0 saturated carbocycles. The lowest BCUT2D eigenvalue weighted by molar-refractivity contribution is 1.12. The second-order valence-corrected chi connectivity index (χ2v) is 4.51. The highest BCUT2D eigenvalue weighted by atomic mass is 14.8. The second kappa shape index (κ2) is 6.85. The van der Waals surface area contributed by atoms with Gasteiger partial charge in [0.1, 0.15) is 0 Å². The quantitative estimate of drug-likeness (QED) is 0.739. The van der Waals surface area contributed by atoms with Crippen LogP contribution in [0.25, 0.3) is 0 Å². The van der Waals surface area contributed by atoms with E-state index >= 15 is 0 Å². The van der Waals surface area contributed by atoms with Crippen molar-refractivity contribution in [3.8, 4) is 0 Å². The number of allylic oxidation sites excluding steroid dienone is 5.